The Morgan fingerprint density at radius 2 is 1.80 bits per heavy atom. The monoisotopic (exact) mass is 277 g/mol. The lowest BCUT2D eigenvalue weighted by molar-refractivity contribution is -0.0439. The van der Waals surface area contributed by atoms with E-state index in [-0.39, 0.29) is 0 Å². The number of aryl methyl sites for hydroxylation is 1. The van der Waals surface area contributed by atoms with Gasteiger partial charge in [0.05, 0.1) is 12.2 Å². The van der Waals surface area contributed by atoms with Crippen LogP contribution in [0.3, 0.4) is 0 Å². The van der Waals surface area contributed by atoms with Crippen LogP contribution in [0.1, 0.15) is 39.2 Å². The lowest BCUT2D eigenvalue weighted by Crippen LogP contribution is -2.46. The van der Waals surface area contributed by atoms with Crippen molar-refractivity contribution in [2.45, 2.75) is 64.8 Å². The van der Waals surface area contributed by atoms with Gasteiger partial charge in [-0.05, 0) is 52.7 Å². The molecule has 3 heteroatoms. The van der Waals surface area contributed by atoms with E-state index >= 15 is 0 Å². The van der Waals surface area contributed by atoms with E-state index in [0.29, 0.717) is 30.9 Å². The van der Waals surface area contributed by atoms with Crippen molar-refractivity contribution < 1.29 is 9.47 Å². The van der Waals surface area contributed by atoms with Gasteiger partial charge in [0.2, 0.25) is 0 Å². The Morgan fingerprint density at radius 1 is 1.20 bits per heavy atom. The van der Waals surface area contributed by atoms with E-state index in [4.69, 9.17) is 9.47 Å². The first-order valence-electron chi connectivity index (χ1n) is 7.64. The van der Waals surface area contributed by atoms with Crippen molar-refractivity contribution in [2.24, 2.45) is 0 Å². The summed E-state index contributed by atoms with van der Waals surface area (Å²) in [4.78, 5) is 0. The average Bonchev–Trinajstić information content (AvgIpc) is 2.37. The molecule has 112 valence electrons. The van der Waals surface area contributed by atoms with Gasteiger partial charge in [-0.1, -0.05) is 17.7 Å². The Morgan fingerprint density at radius 3 is 2.40 bits per heavy atom. The number of hydrogen-bond acceptors (Lipinski definition) is 3. The van der Waals surface area contributed by atoms with Gasteiger partial charge in [0, 0.05) is 12.1 Å². The summed E-state index contributed by atoms with van der Waals surface area (Å²) >= 11 is 0. The van der Waals surface area contributed by atoms with Crippen LogP contribution in [0.2, 0.25) is 0 Å². The zero-order valence-electron chi connectivity index (χ0n) is 13.1. The topological polar surface area (TPSA) is 30.5 Å². The van der Waals surface area contributed by atoms with Crippen molar-refractivity contribution in [1.82, 2.24) is 5.32 Å². The highest BCUT2D eigenvalue weighted by molar-refractivity contribution is 5.26. The third kappa shape index (κ3) is 4.80. The van der Waals surface area contributed by atoms with Crippen molar-refractivity contribution in [3.63, 3.8) is 0 Å². The van der Waals surface area contributed by atoms with Crippen molar-refractivity contribution in [3.8, 4) is 5.75 Å². The molecule has 1 heterocycles. The molecule has 0 aliphatic carbocycles. The second kappa shape index (κ2) is 7.09. The van der Waals surface area contributed by atoms with E-state index in [1.807, 2.05) is 12.1 Å². The minimum Gasteiger partial charge on any atom is -0.492 e. The second-order valence-corrected chi connectivity index (χ2v) is 6.12. The Labute approximate surface area is 122 Å². The number of hydrogen-bond donors (Lipinski definition) is 1. The fourth-order valence-electron chi connectivity index (χ4n) is 2.85. The van der Waals surface area contributed by atoms with Gasteiger partial charge >= 0.3 is 0 Å². The average molecular weight is 277 g/mol. The molecule has 0 saturated carbocycles. The lowest BCUT2D eigenvalue weighted by atomic mass is 9.99. The third-order valence-electron chi connectivity index (χ3n) is 3.74. The number of nitrogens with one attached hydrogen (secondary N) is 1. The molecule has 1 saturated heterocycles. The van der Waals surface area contributed by atoms with E-state index in [0.717, 1.165) is 18.6 Å². The molecular weight excluding hydrogens is 250 g/mol. The fourth-order valence-corrected chi connectivity index (χ4v) is 2.85. The molecule has 3 unspecified atom stereocenters. The van der Waals surface area contributed by atoms with E-state index in [1.54, 1.807) is 0 Å². The number of rotatable bonds is 5. The predicted octanol–water partition coefficient (Wildman–Crippen LogP) is 3.31. The Bertz CT molecular complexity index is 394. The summed E-state index contributed by atoms with van der Waals surface area (Å²) in [6, 6.07) is 9.09. The Balaban J connectivity index is 1.74. The van der Waals surface area contributed by atoms with E-state index in [9.17, 15) is 0 Å². The standard InChI is InChI=1S/C17H27NO2/c1-12-5-7-17(8-6-12)19-11-13(2)18-16-9-14(3)20-15(4)10-16/h5-8,13-16,18H,9-11H2,1-4H3. The van der Waals surface area contributed by atoms with Crippen molar-refractivity contribution >= 4 is 0 Å². The maximum Gasteiger partial charge on any atom is 0.119 e. The maximum atomic E-state index is 5.82. The van der Waals surface area contributed by atoms with Crippen molar-refractivity contribution in [2.75, 3.05) is 6.61 Å². The lowest BCUT2D eigenvalue weighted by Gasteiger charge is -2.34. The quantitative estimate of drug-likeness (QED) is 0.895. The predicted molar refractivity (Wildman–Crippen MR) is 82.3 cm³/mol. The second-order valence-electron chi connectivity index (χ2n) is 6.12. The highest BCUT2D eigenvalue weighted by Crippen LogP contribution is 2.19. The smallest absolute Gasteiger partial charge is 0.119 e. The van der Waals surface area contributed by atoms with Gasteiger partial charge < -0.3 is 14.8 Å². The fraction of sp³-hybridized carbons (Fsp3) is 0.647. The van der Waals surface area contributed by atoms with E-state index in [1.165, 1.54) is 5.56 Å². The summed E-state index contributed by atoms with van der Waals surface area (Å²) in [6.07, 6.45) is 2.86. The first-order valence-corrected chi connectivity index (χ1v) is 7.64. The molecule has 1 aromatic rings. The molecular formula is C17H27NO2. The van der Waals surface area contributed by atoms with Gasteiger partial charge in [-0.15, -0.1) is 0 Å². The van der Waals surface area contributed by atoms with Crippen LogP contribution < -0.4 is 10.1 Å². The van der Waals surface area contributed by atoms with Crippen LogP contribution >= 0.6 is 0 Å². The van der Waals surface area contributed by atoms with Crippen LogP contribution in [0, 0.1) is 6.92 Å². The van der Waals surface area contributed by atoms with Crippen LogP contribution in [0.15, 0.2) is 24.3 Å². The van der Waals surface area contributed by atoms with Crippen LogP contribution in [0.25, 0.3) is 0 Å². The molecule has 0 aromatic heterocycles. The van der Waals surface area contributed by atoms with Crippen molar-refractivity contribution in [3.05, 3.63) is 29.8 Å². The van der Waals surface area contributed by atoms with Gasteiger partial charge in [0.1, 0.15) is 12.4 Å². The first kappa shape index (κ1) is 15.3. The highest BCUT2D eigenvalue weighted by atomic mass is 16.5. The molecule has 1 N–H and O–H groups in total. The molecule has 20 heavy (non-hydrogen) atoms. The van der Waals surface area contributed by atoms with Crippen LogP contribution in [-0.2, 0) is 4.74 Å². The largest absolute Gasteiger partial charge is 0.492 e. The molecule has 2 rings (SSSR count). The first-order chi connectivity index (χ1) is 9.52. The van der Waals surface area contributed by atoms with Gasteiger partial charge in [0.25, 0.3) is 0 Å². The van der Waals surface area contributed by atoms with Gasteiger partial charge in [-0.2, -0.15) is 0 Å². The van der Waals surface area contributed by atoms with Gasteiger partial charge in [0.15, 0.2) is 0 Å². The summed E-state index contributed by atoms with van der Waals surface area (Å²) in [5.41, 5.74) is 1.26. The molecule has 0 bridgehead atoms. The Hall–Kier alpha value is -1.06. The third-order valence-corrected chi connectivity index (χ3v) is 3.74. The molecule has 0 spiro atoms. The summed E-state index contributed by atoms with van der Waals surface area (Å²) in [5, 5.41) is 3.66. The molecule has 1 aliphatic rings. The summed E-state index contributed by atoms with van der Waals surface area (Å²) in [7, 11) is 0. The van der Waals surface area contributed by atoms with Gasteiger partial charge in [-0.25, -0.2) is 0 Å². The zero-order valence-corrected chi connectivity index (χ0v) is 13.1. The molecule has 0 amide bonds. The molecule has 0 radical (unpaired) electrons. The molecule has 1 fully saturated rings. The molecule has 3 atom stereocenters. The minimum absolute atomic E-state index is 0.346. The zero-order chi connectivity index (χ0) is 14.5. The van der Waals surface area contributed by atoms with Crippen LogP contribution in [-0.4, -0.2) is 30.9 Å². The normalized spacial score (nSPS) is 28.1. The molecule has 1 aromatic carbocycles. The number of ether oxygens (including phenoxy) is 2. The number of benzene rings is 1. The summed E-state index contributed by atoms with van der Waals surface area (Å²) < 4.78 is 11.6. The summed E-state index contributed by atoms with van der Waals surface area (Å²) in [5.74, 6) is 0.943. The van der Waals surface area contributed by atoms with Crippen molar-refractivity contribution in [1.29, 1.82) is 0 Å². The maximum absolute atomic E-state index is 5.82. The minimum atomic E-state index is 0.346. The van der Waals surface area contributed by atoms with Crippen LogP contribution in [0.4, 0.5) is 0 Å². The van der Waals surface area contributed by atoms with Crippen LogP contribution in [0.5, 0.6) is 5.75 Å². The van der Waals surface area contributed by atoms with E-state index in [2.05, 4.69) is 45.1 Å². The van der Waals surface area contributed by atoms with E-state index < -0.39 is 0 Å². The molecule has 3 nitrogen and oxygen atoms in total. The SMILES string of the molecule is Cc1ccc(OCC(C)NC2CC(C)OC(C)C2)cc1. The van der Waals surface area contributed by atoms with Gasteiger partial charge in [-0.3, -0.25) is 0 Å². The Kier molecular flexibility index (Phi) is 5.44. The highest BCUT2D eigenvalue weighted by Gasteiger charge is 2.25. The molecule has 1 aliphatic heterocycles. The summed E-state index contributed by atoms with van der Waals surface area (Å²) in [6.45, 7) is 9.26.